The summed E-state index contributed by atoms with van der Waals surface area (Å²) in [5.74, 6) is 0.987. The van der Waals surface area contributed by atoms with Crippen LogP contribution in [-0.2, 0) is 0 Å². The van der Waals surface area contributed by atoms with Gasteiger partial charge in [0.15, 0.2) is 0 Å². The van der Waals surface area contributed by atoms with Crippen molar-refractivity contribution in [2.24, 2.45) is 0 Å². The number of hydrogen-bond donors (Lipinski definition) is 1. The van der Waals surface area contributed by atoms with Gasteiger partial charge in [-0.15, -0.1) is 0 Å². The van der Waals surface area contributed by atoms with Crippen molar-refractivity contribution < 1.29 is 4.74 Å². The molecule has 1 aromatic rings. The number of para-hydroxylation sites is 1. The Morgan fingerprint density at radius 2 is 2.14 bits per heavy atom. The monoisotopic (exact) mass is 290 g/mol. The molecule has 2 unspecified atom stereocenters. The molecule has 1 aromatic carbocycles. The highest BCUT2D eigenvalue weighted by molar-refractivity contribution is 5.36. The van der Waals surface area contributed by atoms with Crippen molar-refractivity contribution in [3.63, 3.8) is 0 Å². The molecule has 0 aromatic heterocycles. The first-order chi connectivity index (χ1) is 10.3. The minimum atomic E-state index is 0.332. The van der Waals surface area contributed by atoms with Crippen molar-refractivity contribution >= 4 is 0 Å². The number of methoxy groups -OCH3 is 1. The van der Waals surface area contributed by atoms with Crippen LogP contribution in [0, 0.1) is 0 Å². The van der Waals surface area contributed by atoms with Gasteiger partial charge in [0.2, 0.25) is 0 Å². The second-order valence-corrected chi connectivity index (χ2v) is 6.02. The lowest BCUT2D eigenvalue weighted by atomic mass is 9.96. The van der Waals surface area contributed by atoms with Crippen LogP contribution in [0.25, 0.3) is 0 Å². The molecule has 118 valence electrons. The third-order valence-corrected chi connectivity index (χ3v) is 4.65. The molecule has 0 saturated carbocycles. The number of piperidine rings is 1. The molecule has 2 rings (SSSR count). The number of hydrogen-bond acceptors (Lipinski definition) is 3. The van der Waals surface area contributed by atoms with Gasteiger partial charge in [-0.2, -0.15) is 0 Å². The SMILES string of the molecule is CCCC1CCCCN1CC(NC)c1ccccc1OC. The number of nitrogens with one attached hydrogen (secondary N) is 1. The van der Waals surface area contributed by atoms with Crippen molar-refractivity contribution in [1.82, 2.24) is 10.2 Å². The normalized spacial score (nSPS) is 21.2. The molecule has 3 heteroatoms. The summed E-state index contributed by atoms with van der Waals surface area (Å²) in [6, 6.07) is 9.46. The number of rotatable bonds is 7. The van der Waals surface area contributed by atoms with Crippen LogP contribution in [0.4, 0.5) is 0 Å². The van der Waals surface area contributed by atoms with Crippen LogP contribution < -0.4 is 10.1 Å². The predicted octanol–water partition coefficient (Wildman–Crippen LogP) is 3.61. The fourth-order valence-electron chi connectivity index (χ4n) is 3.49. The summed E-state index contributed by atoms with van der Waals surface area (Å²) in [5.41, 5.74) is 1.27. The second-order valence-electron chi connectivity index (χ2n) is 6.02. The average molecular weight is 290 g/mol. The van der Waals surface area contributed by atoms with Gasteiger partial charge in [0.05, 0.1) is 7.11 Å². The van der Waals surface area contributed by atoms with Gasteiger partial charge in [-0.1, -0.05) is 38.0 Å². The van der Waals surface area contributed by atoms with Crippen LogP contribution in [0.3, 0.4) is 0 Å². The van der Waals surface area contributed by atoms with Crippen molar-refractivity contribution in [2.75, 3.05) is 27.2 Å². The first-order valence-electron chi connectivity index (χ1n) is 8.34. The molecule has 21 heavy (non-hydrogen) atoms. The Balaban J connectivity index is 2.10. The molecule has 0 amide bonds. The Hall–Kier alpha value is -1.06. The van der Waals surface area contributed by atoms with E-state index in [-0.39, 0.29) is 0 Å². The molecule has 1 fully saturated rings. The fourth-order valence-corrected chi connectivity index (χ4v) is 3.49. The highest BCUT2D eigenvalue weighted by Gasteiger charge is 2.25. The van der Waals surface area contributed by atoms with E-state index in [0.717, 1.165) is 18.3 Å². The van der Waals surface area contributed by atoms with Crippen molar-refractivity contribution in [3.8, 4) is 5.75 Å². The van der Waals surface area contributed by atoms with Gasteiger partial charge in [0, 0.05) is 24.2 Å². The zero-order valence-corrected chi connectivity index (χ0v) is 13.8. The summed E-state index contributed by atoms with van der Waals surface area (Å²) >= 11 is 0. The number of likely N-dealkylation sites (tertiary alicyclic amines) is 1. The minimum absolute atomic E-state index is 0.332. The van der Waals surface area contributed by atoms with Gasteiger partial charge in [0.25, 0.3) is 0 Å². The number of benzene rings is 1. The van der Waals surface area contributed by atoms with Gasteiger partial charge in [0.1, 0.15) is 5.75 Å². The third kappa shape index (κ3) is 4.21. The van der Waals surface area contributed by atoms with E-state index in [9.17, 15) is 0 Å². The van der Waals surface area contributed by atoms with Gasteiger partial charge in [-0.25, -0.2) is 0 Å². The van der Waals surface area contributed by atoms with E-state index in [4.69, 9.17) is 4.74 Å². The molecule has 2 atom stereocenters. The molecule has 1 aliphatic rings. The molecule has 0 spiro atoms. The Morgan fingerprint density at radius 3 is 2.86 bits per heavy atom. The van der Waals surface area contributed by atoms with Gasteiger partial charge in [-0.3, -0.25) is 4.90 Å². The van der Waals surface area contributed by atoms with E-state index in [0.29, 0.717) is 6.04 Å². The largest absolute Gasteiger partial charge is 0.496 e. The topological polar surface area (TPSA) is 24.5 Å². The average Bonchev–Trinajstić information content (AvgIpc) is 2.54. The van der Waals surface area contributed by atoms with Crippen LogP contribution in [0.1, 0.15) is 50.6 Å². The van der Waals surface area contributed by atoms with Crippen molar-refractivity contribution in [1.29, 1.82) is 0 Å². The Labute approximate surface area is 129 Å². The van der Waals surface area contributed by atoms with Crippen LogP contribution in [-0.4, -0.2) is 38.2 Å². The summed E-state index contributed by atoms with van der Waals surface area (Å²) in [5, 5.41) is 3.48. The number of ether oxygens (including phenoxy) is 1. The Bertz CT molecular complexity index is 419. The quantitative estimate of drug-likeness (QED) is 0.830. The maximum atomic E-state index is 5.53. The molecule has 1 heterocycles. The van der Waals surface area contributed by atoms with Crippen LogP contribution in [0.2, 0.25) is 0 Å². The first kappa shape index (κ1) is 16.3. The maximum absolute atomic E-state index is 5.53. The van der Waals surface area contributed by atoms with E-state index >= 15 is 0 Å². The van der Waals surface area contributed by atoms with E-state index in [2.05, 4.69) is 42.4 Å². The highest BCUT2D eigenvalue weighted by Crippen LogP contribution is 2.28. The van der Waals surface area contributed by atoms with Crippen LogP contribution in [0.5, 0.6) is 5.75 Å². The molecule has 1 aliphatic heterocycles. The van der Waals surface area contributed by atoms with Crippen molar-refractivity contribution in [3.05, 3.63) is 29.8 Å². The Morgan fingerprint density at radius 1 is 1.33 bits per heavy atom. The third-order valence-electron chi connectivity index (χ3n) is 4.65. The fraction of sp³-hybridized carbons (Fsp3) is 0.667. The maximum Gasteiger partial charge on any atom is 0.123 e. The van der Waals surface area contributed by atoms with E-state index in [1.807, 2.05) is 6.07 Å². The molecule has 0 bridgehead atoms. The molecular formula is C18H30N2O. The molecule has 1 N–H and O–H groups in total. The summed E-state index contributed by atoms with van der Waals surface area (Å²) in [7, 11) is 3.81. The van der Waals surface area contributed by atoms with E-state index < -0.39 is 0 Å². The first-order valence-corrected chi connectivity index (χ1v) is 8.34. The number of nitrogens with zero attached hydrogens (tertiary/aromatic N) is 1. The molecule has 0 aliphatic carbocycles. The Kier molecular flexibility index (Phi) is 6.52. The van der Waals surface area contributed by atoms with E-state index in [1.54, 1.807) is 7.11 Å². The lowest BCUT2D eigenvalue weighted by Gasteiger charge is -2.38. The summed E-state index contributed by atoms with van der Waals surface area (Å²) in [6.07, 6.45) is 6.68. The predicted molar refractivity (Wildman–Crippen MR) is 88.9 cm³/mol. The number of likely N-dealkylation sites (N-methyl/N-ethyl adjacent to an activating group) is 1. The van der Waals surface area contributed by atoms with Gasteiger partial charge >= 0.3 is 0 Å². The van der Waals surface area contributed by atoms with E-state index in [1.165, 1.54) is 44.2 Å². The van der Waals surface area contributed by atoms with Crippen molar-refractivity contribution in [2.45, 2.75) is 51.1 Å². The lowest BCUT2D eigenvalue weighted by Crippen LogP contribution is -2.43. The standard InChI is InChI=1S/C18H30N2O/c1-4-9-15-10-7-8-13-20(15)14-17(19-2)16-11-5-6-12-18(16)21-3/h5-6,11-12,15,17,19H,4,7-10,13-14H2,1-3H3. The van der Waals surface area contributed by atoms with Crippen LogP contribution >= 0.6 is 0 Å². The summed E-state index contributed by atoms with van der Waals surface area (Å²) in [4.78, 5) is 2.68. The van der Waals surface area contributed by atoms with Gasteiger partial charge in [-0.05, 0) is 38.9 Å². The summed E-state index contributed by atoms with van der Waals surface area (Å²) in [6.45, 7) is 4.60. The smallest absolute Gasteiger partial charge is 0.123 e. The van der Waals surface area contributed by atoms with Crippen LogP contribution in [0.15, 0.2) is 24.3 Å². The zero-order chi connectivity index (χ0) is 15.1. The van der Waals surface area contributed by atoms with Gasteiger partial charge < -0.3 is 10.1 Å². The molecule has 3 nitrogen and oxygen atoms in total. The highest BCUT2D eigenvalue weighted by atomic mass is 16.5. The molecule has 1 saturated heterocycles. The molecule has 0 radical (unpaired) electrons. The minimum Gasteiger partial charge on any atom is -0.496 e. The molecular weight excluding hydrogens is 260 g/mol. The second kappa shape index (κ2) is 8.40. The summed E-state index contributed by atoms with van der Waals surface area (Å²) < 4.78 is 5.53. The lowest BCUT2D eigenvalue weighted by molar-refractivity contribution is 0.126. The zero-order valence-electron chi connectivity index (χ0n) is 13.8.